The molecule has 0 N–H and O–H groups in total. The van der Waals surface area contributed by atoms with Gasteiger partial charge in [0, 0.05) is 19.6 Å². The van der Waals surface area contributed by atoms with Gasteiger partial charge in [-0.2, -0.15) is 0 Å². The molecule has 1 unspecified atom stereocenters. The van der Waals surface area contributed by atoms with E-state index < -0.39 is 6.17 Å². The Hall–Kier alpha value is -0.150. The zero-order valence-electron chi connectivity index (χ0n) is 8.38. The molecule has 0 aromatic rings. The lowest BCUT2D eigenvalue weighted by Crippen LogP contribution is -2.59. The van der Waals surface area contributed by atoms with E-state index in [1.165, 1.54) is 13.0 Å². The Morgan fingerprint density at radius 2 is 1.85 bits per heavy atom. The molecule has 2 aliphatic heterocycles. The van der Waals surface area contributed by atoms with E-state index in [1.54, 1.807) is 0 Å². The van der Waals surface area contributed by atoms with Gasteiger partial charge in [0.05, 0.1) is 6.17 Å². The summed E-state index contributed by atoms with van der Waals surface area (Å²) < 4.78 is 12.9. The van der Waals surface area contributed by atoms with Crippen molar-refractivity contribution in [3.63, 3.8) is 0 Å². The molecule has 0 bridgehead atoms. The Morgan fingerprint density at radius 1 is 1.15 bits per heavy atom. The lowest BCUT2D eigenvalue weighted by atomic mass is 10.0. The summed E-state index contributed by atoms with van der Waals surface area (Å²) in [4.78, 5) is 4.92. The Labute approximate surface area is 79.7 Å². The maximum atomic E-state index is 12.9. The summed E-state index contributed by atoms with van der Waals surface area (Å²) in [7, 11) is 0. The third-order valence-electron chi connectivity index (χ3n) is 3.38. The zero-order valence-corrected chi connectivity index (χ0v) is 8.38. The molecule has 76 valence electrons. The van der Waals surface area contributed by atoms with Crippen LogP contribution >= 0.6 is 0 Å². The fraction of sp³-hybridized carbons (Fsp3) is 1.00. The van der Waals surface area contributed by atoms with Crippen molar-refractivity contribution >= 4 is 0 Å². The third kappa shape index (κ3) is 1.86. The maximum absolute atomic E-state index is 12.9. The molecule has 2 nitrogen and oxygen atoms in total. The molecule has 1 atom stereocenters. The first-order valence-corrected chi connectivity index (χ1v) is 5.43. The largest absolute Gasteiger partial charge is 0.288 e. The molecule has 0 radical (unpaired) electrons. The molecule has 13 heavy (non-hydrogen) atoms. The quantitative estimate of drug-likeness (QED) is 0.644. The predicted octanol–water partition coefficient (Wildman–Crippen LogP) is 1.47. The van der Waals surface area contributed by atoms with Crippen LogP contribution in [0.3, 0.4) is 0 Å². The fourth-order valence-corrected chi connectivity index (χ4v) is 2.38. The van der Waals surface area contributed by atoms with Gasteiger partial charge in [-0.1, -0.05) is 6.92 Å². The van der Waals surface area contributed by atoms with Crippen LogP contribution < -0.4 is 0 Å². The maximum Gasteiger partial charge on any atom is 0.103 e. The second kappa shape index (κ2) is 3.93. The lowest BCUT2D eigenvalue weighted by molar-refractivity contribution is -0.0480. The highest BCUT2D eigenvalue weighted by molar-refractivity contribution is 4.85. The summed E-state index contributed by atoms with van der Waals surface area (Å²) >= 11 is 0. The van der Waals surface area contributed by atoms with Gasteiger partial charge in [-0.25, -0.2) is 4.39 Å². The molecule has 0 spiro atoms. The van der Waals surface area contributed by atoms with Gasteiger partial charge >= 0.3 is 0 Å². The molecular formula is C10H19FN2. The van der Waals surface area contributed by atoms with Gasteiger partial charge in [-0.15, -0.1) is 0 Å². The van der Waals surface area contributed by atoms with E-state index in [2.05, 4.69) is 16.7 Å². The van der Waals surface area contributed by atoms with E-state index >= 15 is 0 Å². The predicted molar refractivity (Wildman–Crippen MR) is 51.4 cm³/mol. The van der Waals surface area contributed by atoms with Crippen LogP contribution in [0.5, 0.6) is 0 Å². The number of hydrogen-bond donors (Lipinski definition) is 0. The average molecular weight is 186 g/mol. The van der Waals surface area contributed by atoms with Crippen molar-refractivity contribution in [3.8, 4) is 0 Å². The monoisotopic (exact) mass is 186 g/mol. The Bertz CT molecular complexity index is 164. The van der Waals surface area contributed by atoms with Gasteiger partial charge in [0.15, 0.2) is 0 Å². The van der Waals surface area contributed by atoms with Gasteiger partial charge < -0.3 is 0 Å². The standard InChI is InChI=1S/C10H19FN2/c1-2-12-8-5-10(12)13-6-3-9(11)4-7-13/h9-10H,2-8H2,1H3. The van der Waals surface area contributed by atoms with Gasteiger partial charge in [0.25, 0.3) is 0 Å². The first-order valence-electron chi connectivity index (χ1n) is 5.43. The molecule has 3 heteroatoms. The summed E-state index contributed by atoms with van der Waals surface area (Å²) in [6, 6.07) is 0. The molecule has 0 aromatic carbocycles. The van der Waals surface area contributed by atoms with E-state index in [9.17, 15) is 4.39 Å². The number of halogens is 1. The van der Waals surface area contributed by atoms with Gasteiger partial charge in [-0.05, 0) is 25.8 Å². The van der Waals surface area contributed by atoms with Gasteiger partial charge in [0.2, 0.25) is 0 Å². The van der Waals surface area contributed by atoms with Crippen LogP contribution in [-0.2, 0) is 0 Å². The summed E-state index contributed by atoms with van der Waals surface area (Å²) in [5.41, 5.74) is 0. The second-order valence-corrected chi connectivity index (χ2v) is 4.11. The molecule has 2 heterocycles. The summed E-state index contributed by atoms with van der Waals surface area (Å²) in [5.74, 6) is 0. The number of hydrogen-bond acceptors (Lipinski definition) is 2. The molecule has 0 saturated carbocycles. The SMILES string of the molecule is CCN1CCC1N1CCC(F)CC1. The zero-order chi connectivity index (χ0) is 9.26. The van der Waals surface area contributed by atoms with Gasteiger partial charge in [-0.3, -0.25) is 9.80 Å². The van der Waals surface area contributed by atoms with Crippen molar-refractivity contribution in [2.45, 2.75) is 38.5 Å². The molecule has 0 amide bonds. The Morgan fingerprint density at radius 3 is 2.31 bits per heavy atom. The topological polar surface area (TPSA) is 6.48 Å². The third-order valence-corrected chi connectivity index (χ3v) is 3.38. The van der Waals surface area contributed by atoms with Crippen molar-refractivity contribution < 1.29 is 4.39 Å². The normalized spacial score (nSPS) is 33.2. The number of rotatable bonds is 2. The van der Waals surface area contributed by atoms with Crippen LogP contribution in [0, 0.1) is 0 Å². The highest BCUT2D eigenvalue weighted by Crippen LogP contribution is 2.24. The van der Waals surface area contributed by atoms with Gasteiger partial charge in [0.1, 0.15) is 6.17 Å². The number of alkyl halides is 1. The van der Waals surface area contributed by atoms with E-state index in [0.717, 1.165) is 32.5 Å². The van der Waals surface area contributed by atoms with E-state index in [-0.39, 0.29) is 0 Å². The number of nitrogens with zero attached hydrogens (tertiary/aromatic N) is 2. The second-order valence-electron chi connectivity index (χ2n) is 4.11. The van der Waals surface area contributed by atoms with Crippen molar-refractivity contribution in [1.29, 1.82) is 0 Å². The summed E-state index contributed by atoms with van der Waals surface area (Å²) in [6.45, 7) is 6.50. The number of piperidine rings is 1. The summed E-state index contributed by atoms with van der Waals surface area (Å²) in [5, 5.41) is 0. The highest BCUT2D eigenvalue weighted by atomic mass is 19.1. The average Bonchev–Trinajstić information content (AvgIpc) is 2.08. The Kier molecular flexibility index (Phi) is 2.84. The minimum absolute atomic E-state index is 0.536. The molecular weight excluding hydrogens is 167 g/mol. The van der Waals surface area contributed by atoms with Crippen LogP contribution in [0.4, 0.5) is 4.39 Å². The first kappa shape index (κ1) is 9.41. The molecule has 2 rings (SSSR count). The van der Waals surface area contributed by atoms with Crippen LogP contribution in [0.2, 0.25) is 0 Å². The smallest absolute Gasteiger partial charge is 0.103 e. The van der Waals surface area contributed by atoms with Crippen LogP contribution in [0.1, 0.15) is 26.2 Å². The number of likely N-dealkylation sites (tertiary alicyclic amines) is 2. The van der Waals surface area contributed by atoms with Crippen molar-refractivity contribution in [3.05, 3.63) is 0 Å². The van der Waals surface area contributed by atoms with E-state index in [0.29, 0.717) is 6.17 Å². The highest BCUT2D eigenvalue weighted by Gasteiger charge is 2.33. The van der Waals surface area contributed by atoms with Crippen LogP contribution in [0.15, 0.2) is 0 Å². The summed E-state index contributed by atoms with van der Waals surface area (Å²) in [6.07, 6.45) is 2.87. The molecule has 2 saturated heterocycles. The van der Waals surface area contributed by atoms with Crippen molar-refractivity contribution in [2.75, 3.05) is 26.2 Å². The molecule has 2 fully saturated rings. The minimum Gasteiger partial charge on any atom is -0.288 e. The fourth-order valence-electron chi connectivity index (χ4n) is 2.38. The molecule has 0 aliphatic carbocycles. The van der Waals surface area contributed by atoms with Crippen molar-refractivity contribution in [1.82, 2.24) is 9.80 Å². The molecule has 2 aliphatic rings. The van der Waals surface area contributed by atoms with E-state index in [4.69, 9.17) is 0 Å². The van der Waals surface area contributed by atoms with Crippen molar-refractivity contribution in [2.24, 2.45) is 0 Å². The van der Waals surface area contributed by atoms with Crippen LogP contribution in [0.25, 0.3) is 0 Å². The molecule has 0 aromatic heterocycles. The lowest BCUT2D eigenvalue weighted by Gasteiger charge is -2.48. The first-order chi connectivity index (χ1) is 6.31. The van der Waals surface area contributed by atoms with Crippen LogP contribution in [-0.4, -0.2) is 48.3 Å². The minimum atomic E-state index is -0.536. The van der Waals surface area contributed by atoms with E-state index in [1.807, 2.05) is 0 Å². The Balaban J connectivity index is 1.81.